The highest BCUT2D eigenvalue weighted by Gasteiger charge is 2.13. The van der Waals surface area contributed by atoms with Crippen molar-refractivity contribution in [1.29, 1.82) is 0 Å². The molecule has 18 heavy (non-hydrogen) atoms. The van der Waals surface area contributed by atoms with E-state index in [0.29, 0.717) is 16.7 Å². The molecule has 2 rings (SSSR count). The molecule has 96 valence electrons. The number of nitrogens with one attached hydrogen (secondary N) is 1. The number of hydrogen-bond acceptors (Lipinski definition) is 3. The molecule has 0 spiro atoms. The van der Waals surface area contributed by atoms with Gasteiger partial charge in [-0.3, -0.25) is 0 Å². The Hall–Kier alpha value is -1.84. The van der Waals surface area contributed by atoms with Crippen molar-refractivity contribution in [3.05, 3.63) is 29.7 Å². The monoisotopic (exact) mass is 248 g/mol. The molecule has 0 aliphatic heterocycles. The van der Waals surface area contributed by atoms with Crippen molar-refractivity contribution in [2.45, 2.75) is 20.3 Å². The van der Waals surface area contributed by atoms with Crippen LogP contribution in [0.3, 0.4) is 0 Å². The van der Waals surface area contributed by atoms with Crippen molar-refractivity contribution < 1.29 is 9.13 Å². The number of anilines is 1. The summed E-state index contributed by atoms with van der Waals surface area (Å²) in [6.45, 7) is 4.77. The summed E-state index contributed by atoms with van der Waals surface area (Å²) in [6.07, 6.45) is 1.00. The van der Waals surface area contributed by atoms with Gasteiger partial charge in [-0.25, -0.2) is 9.37 Å². The Morgan fingerprint density at radius 2 is 2.17 bits per heavy atom. The summed E-state index contributed by atoms with van der Waals surface area (Å²) in [5.41, 5.74) is 2.01. The number of benzene rings is 1. The van der Waals surface area contributed by atoms with Crippen molar-refractivity contribution in [1.82, 2.24) is 4.98 Å². The summed E-state index contributed by atoms with van der Waals surface area (Å²) >= 11 is 0. The van der Waals surface area contributed by atoms with Crippen molar-refractivity contribution in [3.63, 3.8) is 0 Å². The first-order valence-corrected chi connectivity index (χ1v) is 6.05. The van der Waals surface area contributed by atoms with Crippen LogP contribution in [0, 0.1) is 12.7 Å². The number of nitrogens with zero attached hydrogens (tertiary/aromatic N) is 1. The fourth-order valence-corrected chi connectivity index (χ4v) is 1.98. The second-order valence-corrected chi connectivity index (χ2v) is 4.21. The molecule has 1 heterocycles. The number of methoxy groups -OCH3 is 1. The number of halogens is 1. The number of hydrogen-bond donors (Lipinski definition) is 1. The van der Waals surface area contributed by atoms with Crippen LogP contribution >= 0.6 is 0 Å². The highest BCUT2D eigenvalue weighted by molar-refractivity contribution is 5.97. The maximum Gasteiger partial charge on any atom is 0.149 e. The summed E-state index contributed by atoms with van der Waals surface area (Å²) < 4.78 is 19.1. The van der Waals surface area contributed by atoms with Crippen molar-refractivity contribution in [2.75, 3.05) is 19.0 Å². The summed E-state index contributed by atoms with van der Waals surface area (Å²) in [5, 5.41) is 4.00. The Kier molecular flexibility index (Phi) is 3.65. The zero-order chi connectivity index (χ0) is 13.1. The Balaban J connectivity index is 2.70. The number of rotatable bonds is 4. The van der Waals surface area contributed by atoms with E-state index in [9.17, 15) is 4.39 Å². The second-order valence-electron chi connectivity index (χ2n) is 4.21. The average molecular weight is 248 g/mol. The zero-order valence-corrected chi connectivity index (χ0v) is 10.9. The molecule has 0 aliphatic carbocycles. The van der Waals surface area contributed by atoms with Crippen molar-refractivity contribution in [3.8, 4) is 5.75 Å². The van der Waals surface area contributed by atoms with Gasteiger partial charge in [0, 0.05) is 17.9 Å². The number of aryl methyl sites for hydroxylation is 1. The molecule has 0 saturated heterocycles. The molecule has 2 aromatic rings. The number of aromatic nitrogens is 1. The Morgan fingerprint density at radius 1 is 1.39 bits per heavy atom. The van der Waals surface area contributed by atoms with E-state index in [2.05, 4.69) is 17.2 Å². The van der Waals surface area contributed by atoms with Gasteiger partial charge in [0.05, 0.1) is 12.5 Å². The van der Waals surface area contributed by atoms with E-state index < -0.39 is 0 Å². The van der Waals surface area contributed by atoms with Crippen LogP contribution in [-0.4, -0.2) is 18.6 Å². The Bertz CT molecular complexity index is 569. The number of pyridine rings is 1. The summed E-state index contributed by atoms with van der Waals surface area (Å²) in [5.74, 6) is 0.312. The van der Waals surface area contributed by atoms with Crippen LogP contribution in [0.1, 0.15) is 19.0 Å². The lowest BCUT2D eigenvalue weighted by Crippen LogP contribution is -2.03. The fourth-order valence-electron chi connectivity index (χ4n) is 1.98. The third-order valence-corrected chi connectivity index (χ3v) is 2.79. The van der Waals surface area contributed by atoms with Crippen LogP contribution in [0.25, 0.3) is 10.9 Å². The third kappa shape index (κ3) is 2.23. The first kappa shape index (κ1) is 12.6. The van der Waals surface area contributed by atoms with E-state index in [1.54, 1.807) is 13.2 Å². The summed E-state index contributed by atoms with van der Waals surface area (Å²) in [4.78, 5) is 4.26. The molecule has 0 bridgehead atoms. The van der Waals surface area contributed by atoms with Gasteiger partial charge in [-0.05, 0) is 31.5 Å². The van der Waals surface area contributed by atoms with Gasteiger partial charge in [0.25, 0.3) is 0 Å². The maximum atomic E-state index is 13.8. The zero-order valence-electron chi connectivity index (χ0n) is 10.9. The third-order valence-electron chi connectivity index (χ3n) is 2.79. The Labute approximate surface area is 106 Å². The predicted molar refractivity (Wildman–Crippen MR) is 71.8 cm³/mol. The molecular weight excluding hydrogens is 231 g/mol. The molecule has 1 N–H and O–H groups in total. The highest BCUT2D eigenvalue weighted by atomic mass is 19.1. The topological polar surface area (TPSA) is 34.2 Å². The predicted octanol–water partition coefficient (Wildman–Crippen LogP) is 3.51. The lowest BCUT2D eigenvalue weighted by Gasteiger charge is -2.13. The number of fused-ring (bicyclic) bond motifs is 1. The normalized spacial score (nSPS) is 10.7. The van der Waals surface area contributed by atoms with Crippen LogP contribution in [0.2, 0.25) is 0 Å². The minimum Gasteiger partial charge on any atom is -0.496 e. The first-order chi connectivity index (χ1) is 8.67. The Morgan fingerprint density at radius 3 is 2.83 bits per heavy atom. The fraction of sp³-hybridized carbons (Fsp3) is 0.357. The SMILES string of the molecule is CCCNc1cc(C)nc2c(F)ccc(OC)c12. The lowest BCUT2D eigenvalue weighted by atomic mass is 10.1. The van der Waals surface area contributed by atoms with Crippen LogP contribution < -0.4 is 10.1 Å². The van der Waals surface area contributed by atoms with Gasteiger partial charge < -0.3 is 10.1 Å². The molecule has 0 atom stereocenters. The molecule has 4 heteroatoms. The molecule has 0 amide bonds. The van der Waals surface area contributed by atoms with E-state index in [0.717, 1.165) is 24.3 Å². The molecule has 3 nitrogen and oxygen atoms in total. The molecule has 0 saturated carbocycles. The van der Waals surface area contributed by atoms with Gasteiger partial charge >= 0.3 is 0 Å². The van der Waals surface area contributed by atoms with Crippen LogP contribution in [0.4, 0.5) is 10.1 Å². The van der Waals surface area contributed by atoms with E-state index >= 15 is 0 Å². The molecule has 0 fully saturated rings. The maximum absolute atomic E-state index is 13.8. The minimum absolute atomic E-state index is 0.325. The van der Waals surface area contributed by atoms with Crippen molar-refractivity contribution in [2.24, 2.45) is 0 Å². The van der Waals surface area contributed by atoms with E-state index in [1.807, 2.05) is 13.0 Å². The molecule has 0 aliphatic rings. The highest BCUT2D eigenvalue weighted by Crippen LogP contribution is 2.33. The summed E-state index contributed by atoms with van der Waals surface area (Å²) in [7, 11) is 1.58. The number of ether oxygens (including phenoxy) is 1. The largest absolute Gasteiger partial charge is 0.496 e. The van der Waals surface area contributed by atoms with Crippen molar-refractivity contribution >= 4 is 16.6 Å². The molecule has 0 unspecified atom stereocenters. The van der Waals surface area contributed by atoms with Crippen LogP contribution in [0.5, 0.6) is 5.75 Å². The molecular formula is C14H17FN2O. The minimum atomic E-state index is -0.325. The van der Waals surface area contributed by atoms with Gasteiger partial charge in [0.2, 0.25) is 0 Å². The van der Waals surface area contributed by atoms with Gasteiger partial charge in [-0.2, -0.15) is 0 Å². The molecule has 1 aromatic carbocycles. The quantitative estimate of drug-likeness (QED) is 0.899. The lowest BCUT2D eigenvalue weighted by molar-refractivity contribution is 0.419. The van der Waals surface area contributed by atoms with E-state index in [4.69, 9.17) is 4.74 Å². The van der Waals surface area contributed by atoms with Crippen LogP contribution in [0.15, 0.2) is 18.2 Å². The van der Waals surface area contributed by atoms with E-state index in [1.165, 1.54) is 6.07 Å². The van der Waals surface area contributed by atoms with Gasteiger partial charge in [0.15, 0.2) is 0 Å². The average Bonchev–Trinajstić information content (AvgIpc) is 2.37. The van der Waals surface area contributed by atoms with Gasteiger partial charge in [-0.1, -0.05) is 6.92 Å². The van der Waals surface area contributed by atoms with Gasteiger partial charge in [0.1, 0.15) is 17.1 Å². The van der Waals surface area contributed by atoms with Gasteiger partial charge in [-0.15, -0.1) is 0 Å². The van der Waals surface area contributed by atoms with E-state index in [-0.39, 0.29) is 5.82 Å². The second kappa shape index (κ2) is 5.21. The standard InChI is InChI=1S/C14H17FN2O/c1-4-7-16-11-8-9(2)17-14-10(15)5-6-12(18-3)13(11)14/h5-6,8H,4,7H2,1-3H3,(H,16,17). The first-order valence-electron chi connectivity index (χ1n) is 6.05. The van der Waals surface area contributed by atoms with Crippen LogP contribution in [-0.2, 0) is 0 Å². The summed E-state index contributed by atoms with van der Waals surface area (Å²) in [6, 6.07) is 4.93. The smallest absolute Gasteiger partial charge is 0.149 e. The molecule has 0 radical (unpaired) electrons. The molecule has 1 aromatic heterocycles.